The van der Waals surface area contributed by atoms with Crippen LogP contribution in [0, 0.1) is 13.8 Å². The number of aromatic carboxylic acids is 1. The Labute approximate surface area is 141 Å². The highest BCUT2D eigenvalue weighted by atomic mass is 16.4. The van der Waals surface area contributed by atoms with Crippen LogP contribution >= 0.6 is 0 Å². The molecule has 0 bridgehead atoms. The molecule has 126 valence electrons. The smallest absolute Gasteiger partial charge is 0.341 e. The molecule has 0 radical (unpaired) electrons. The van der Waals surface area contributed by atoms with E-state index in [1.54, 1.807) is 23.8 Å². The van der Waals surface area contributed by atoms with Crippen molar-refractivity contribution in [3.63, 3.8) is 0 Å². The third-order valence-electron chi connectivity index (χ3n) is 4.77. The Hall–Kier alpha value is -2.56. The fourth-order valence-electron chi connectivity index (χ4n) is 3.42. The second-order valence-electron chi connectivity index (χ2n) is 6.45. The SMILES string of the molecule is Cc1cccc(N2CCC(n3ccc(C)c(C(=O)O)c3=O)CC2)c1. The molecule has 1 fully saturated rings. The lowest BCUT2D eigenvalue weighted by atomic mass is 10.0. The van der Waals surface area contributed by atoms with E-state index in [0.717, 1.165) is 25.9 Å². The Balaban J connectivity index is 1.79. The number of rotatable bonds is 3. The molecule has 0 amide bonds. The van der Waals surface area contributed by atoms with E-state index < -0.39 is 11.5 Å². The van der Waals surface area contributed by atoms with Crippen LogP contribution in [-0.4, -0.2) is 28.7 Å². The maximum Gasteiger partial charge on any atom is 0.341 e. The molecule has 1 saturated heterocycles. The molecule has 0 aliphatic carbocycles. The molecule has 0 saturated carbocycles. The Morgan fingerprint density at radius 2 is 1.88 bits per heavy atom. The van der Waals surface area contributed by atoms with E-state index in [2.05, 4.69) is 36.1 Å². The van der Waals surface area contributed by atoms with Crippen molar-refractivity contribution in [2.45, 2.75) is 32.7 Å². The van der Waals surface area contributed by atoms with Gasteiger partial charge < -0.3 is 14.6 Å². The number of aromatic nitrogens is 1. The van der Waals surface area contributed by atoms with Gasteiger partial charge in [0.2, 0.25) is 0 Å². The highest BCUT2D eigenvalue weighted by molar-refractivity contribution is 5.88. The average Bonchev–Trinajstić information content (AvgIpc) is 2.55. The van der Waals surface area contributed by atoms with E-state index in [1.165, 1.54) is 11.3 Å². The van der Waals surface area contributed by atoms with Gasteiger partial charge in [-0.15, -0.1) is 0 Å². The fourth-order valence-corrected chi connectivity index (χ4v) is 3.42. The highest BCUT2D eigenvalue weighted by Gasteiger charge is 2.24. The van der Waals surface area contributed by atoms with Crippen molar-refractivity contribution in [2.24, 2.45) is 0 Å². The Bertz CT molecular complexity index is 818. The second-order valence-corrected chi connectivity index (χ2v) is 6.45. The van der Waals surface area contributed by atoms with Crippen molar-refractivity contribution < 1.29 is 9.90 Å². The van der Waals surface area contributed by atoms with Crippen LogP contribution in [0.2, 0.25) is 0 Å². The number of piperidine rings is 1. The van der Waals surface area contributed by atoms with E-state index in [9.17, 15) is 14.7 Å². The van der Waals surface area contributed by atoms with Gasteiger partial charge in [0.1, 0.15) is 5.56 Å². The summed E-state index contributed by atoms with van der Waals surface area (Å²) < 4.78 is 1.60. The normalized spacial score (nSPS) is 15.5. The Kier molecular flexibility index (Phi) is 4.42. The minimum Gasteiger partial charge on any atom is -0.477 e. The third kappa shape index (κ3) is 3.07. The molecule has 2 aromatic rings. The number of carbonyl (C=O) groups is 1. The first kappa shape index (κ1) is 16.3. The number of pyridine rings is 1. The van der Waals surface area contributed by atoms with Crippen LogP contribution in [0.4, 0.5) is 5.69 Å². The average molecular weight is 326 g/mol. The summed E-state index contributed by atoms with van der Waals surface area (Å²) in [5, 5.41) is 9.26. The van der Waals surface area contributed by atoms with E-state index in [1.807, 2.05) is 0 Å². The minimum absolute atomic E-state index is 0.0530. The number of carboxylic acids is 1. The van der Waals surface area contributed by atoms with Crippen LogP contribution in [0.1, 0.15) is 40.4 Å². The van der Waals surface area contributed by atoms with Crippen molar-refractivity contribution in [3.05, 3.63) is 63.6 Å². The van der Waals surface area contributed by atoms with Gasteiger partial charge in [-0.05, 0) is 56.0 Å². The van der Waals surface area contributed by atoms with Gasteiger partial charge in [0, 0.05) is 31.0 Å². The molecule has 3 rings (SSSR count). The van der Waals surface area contributed by atoms with Crippen LogP contribution < -0.4 is 10.5 Å². The van der Waals surface area contributed by atoms with Crippen molar-refractivity contribution in [1.82, 2.24) is 4.57 Å². The topological polar surface area (TPSA) is 62.5 Å². The van der Waals surface area contributed by atoms with Crippen LogP contribution in [0.5, 0.6) is 0 Å². The van der Waals surface area contributed by atoms with E-state index in [-0.39, 0.29) is 11.6 Å². The molecule has 1 aliphatic heterocycles. The lowest BCUT2D eigenvalue weighted by Gasteiger charge is -2.34. The van der Waals surface area contributed by atoms with Gasteiger partial charge in [-0.3, -0.25) is 4.79 Å². The second kappa shape index (κ2) is 6.51. The van der Waals surface area contributed by atoms with Gasteiger partial charge in [0.15, 0.2) is 0 Å². The molecule has 5 nitrogen and oxygen atoms in total. The van der Waals surface area contributed by atoms with Crippen molar-refractivity contribution in [1.29, 1.82) is 0 Å². The van der Waals surface area contributed by atoms with E-state index in [0.29, 0.717) is 5.56 Å². The van der Waals surface area contributed by atoms with Crippen molar-refractivity contribution in [2.75, 3.05) is 18.0 Å². The summed E-state index contributed by atoms with van der Waals surface area (Å²) >= 11 is 0. The Morgan fingerprint density at radius 3 is 2.50 bits per heavy atom. The predicted molar refractivity (Wildman–Crippen MR) is 94.1 cm³/mol. The van der Waals surface area contributed by atoms with E-state index in [4.69, 9.17) is 0 Å². The number of nitrogens with zero attached hydrogens (tertiary/aromatic N) is 2. The zero-order chi connectivity index (χ0) is 17.3. The molecule has 0 unspecified atom stereocenters. The summed E-state index contributed by atoms with van der Waals surface area (Å²) in [5.74, 6) is -1.15. The summed E-state index contributed by atoms with van der Waals surface area (Å²) in [7, 11) is 0. The van der Waals surface area contributed by atoms with Crippen LogP contribution in [0.15, 0.2) is 41.3 Å². The molecular formula is C19H22N2O3. The molecule has 1 aromatic heterocycles. The fraction of sp³-hybridized carbons (Fsp3) is 0.368. The lowest BCUT2D eigenvalue weighted by molar-refractivity contribution is 0.0693. The van der Waals surface area contributed by atoms with Crippen LogP contribution in [0.3, 0.4) is 0 Å². The number of anilines is 1. The molecule has 1 N–H and O–H groups in total. The van der Waals surface area contributed by atoms with Crippen LogP contribution in [0.25, 0.3) is 0 Å². The summed E-state index contributed by atoms with van der Waals surface area (Å²) in [4.78, 5) is 26.1. The molecule has 2 heterocycles. The van der Waals surface area contributed by atoms with Gasteiger partial charge in [-0.1, -0.05) is 12.1 Å². The number of hydrogen-bond donors (Lipinski definition) is 1. The number of hydrogen-bond acceptors (Lipinski definition) is 3. The third-order valence-corrected chi connectivity index (χ3v) is 4.77. The highest BCUT2D eigenvalue weighted by Crippen LogP contribution is 2.26. The number of aryl methyl sites for hydroxylation is 2. The van der Waals surface area contributed by atoms with Crippen LogP contribution in [-0.2, 0) is 0 Å². The van der Waals surface area contributed by atoms with Gasteiger partial charge in [0.05, 0.1) is 0 Å². The van der Waals surface area contributed by atoms with Crippen molar-refractivity contribution >= 4 is 11.7 Å². The molecule has 1 aromatic carbocycles. The number of carboxylic acid groups (broad SMARTS) is 1. The lowest BCUT2D eigenvalue weighted by Crippen LogP contribution is -2.38. The molecule has 0 atom stereocenters. The number of benzene rings is 1. The largest absolute Gasteiger partial charge is 0.477 e. The molecular weight excluding hydrogens is 304 g/mol. The maximum absolute atomic E-state index is 12.5. The first-order valence-corrected chi connectivity index (χ1v) is 8.24. The maximum atomic E-state index is 12.5. The monoisotopic (exact) mass is 326 g/mol. The predicted octanol–water partition coefficient (Wildman–Crippen LogP) is 3.00. The van der Waals surface area contributed by atoms with Gasteiger partial charge in [-0.2, -0.15) is 0 Å². The molecule has 5 heteroatoms. The van der Waals surface area contributed by atoms with E-state index >= 15 is 0 Å². The molecule has 1 aliphatic rings. The molecule has 24 heavy (non-hydrogen) atoms. The van der Waals surface area contributed by atoms with Crippen molar-refractivity contribution in [3.8, 4) is 0 Å². The summed E-state index contributed by atoms with van der Waals surface area (Å²) in [6.07, 6.45) is 3.39. The van der Waals surface area contributed by atoms with Gasteiger partial charge >= 0.3 is 5.97 Å². The zero-order valence-electron chi connectivity index (χ0n) is 14.0. The minimum atomic E-state index is -1.15. The summed E-state index contributed by atoms with van der Waals surface area (Å²) in [6.45, 7) is 5.46. The Morgan fingerprint density at radius 1 is 1.17 bits per heavy atom. The molecule has 0 spiro atoms. The first-order valence-electron chi connectivity index (χ1n) is 8.24. The zero-order valence-corrected chi connectivity index (χ0v) is 14.0. The summed E-state index contributed by atoms with van der Waals surface area (Å²) in [6, 6.07) is 10.2. The quantitative estimate of drug-likeness (QED) is 0.942. The van der Waals surface area contributed by atoms with Gasteiger partial charge in [-0.25, -0.2) is 4.79 Å². The first-order chi connectivity index (χ1) is 11.5. The standard InChI is InChI=1S/C19H22N2O3/c1-13-4-3-5-16(12-13)20-9-7-15(8-10-20)21-11-6-14(2)17(18(21)22)19(23)24/h3-6,11-12,15H,7-10H2,1-2H3,(H,23,24). The summed E-state index contributed by atoms with van der Waals surface area (Å²) in [5.41, 5.74) is 2.45. The van der Waals surface area contributed by atoms with Gasteiger partial charge in [0.25, 0.3) is 5.56 Å².